The number of rotatable bonds is 7. The summed E-state index contributed by atoms with van der Waals surface area (Å²) in [5.74, 6) is 1.54. The maximum absolute atomic E-state index is 12.9. The van der Waals surface area contributed by atoms with Crippen LogP contribution < -0.4 is 0 Å². The van der Waals surface area contributed by atoms with Gasteiger partial charge in [0.15, 0.2) is 0 Å². The fraction of sp³-hybridized carbons (Fsp3) is 0.348. The van der Waals surface area contributed by atoms with E-state index in [9.17, 15) is 4.79 Å². The molecule has 0 saturated carbocycles. The summed E-state index contributed by atoms with van der Waals surface area (Å²) >= 11 is 0. The van der Waals surface area contributed by atoms with Crippen LogP contribution in [0, 0.1) is 0 Å². The van der Waals surface area contributed by atoms with Crippen molar-refractivity contribution in [3.8, 4) is 22.5 Å². The summed E-state index contributed by atoms with van der Waals surface area (Å²) < 4.78 is 0. The lowest BCUT2D eigenvalue weighted by atomic mass is 9.98. The average Bonchev–Trinajstić information content (AvgIpc) is 3.36. The fourth-order valence-electron chi connectivity index (χ4n) is 3.75. The first-order valence-corrected chi connectivity index (χ1v) is 10.3. The summed E-state index contributed by atoms with van der Waals surface area (Å²) in [6.45, 7) is 6.47. The standard InChI is InChI=1S/C23H26N6O/c1-4-5-10-20-24-23(2,3)22(30)29(20)15-16-11-13-17(14-12-16)18-8-6-7-9-19(18)21-25-27-28-26-21/h6-9,11-14H,4-5,10,15H2,1-3H3,(H,25,26,27,28). The predicted molar refractivity (Wildman–Crippen MR) is 117 cm³/mol. The number of nitrogens with one attached hydrogen (secondary N) is 1. The monoisotopic (exact) mass is 402 g/mol. The minimum Gasteiger partial charge on any atom is -0.294 e. The van der Waals surface area contributed by atoms with Crippen LogP contribution in [0.4, 0.5) is 0 Å². The van der Waals surface area contributed by atoms with Crippen LogP contribution in [0.5, 0.6) is 0 Å². The molecule has 1 aliphatic heterocycles. The number of H-pyrrole nitrogens is 1. The van der Waals surface area contributed by atoms with Crippen LogP contribution >= 0.6 is 0 Å². The van der Waals surface area contributed by atoms with E-state index >= 15 is 0 Å². The topological polar surface area (TPSA) is 87.1 Å². The molecule has 154 valence electrons. The van der Waals surface area contributed by atoms with Gasteiger partial charge in [0, 0.05) is 12.0 Å². The van der Waals surface area contributed by atoms with Crippen LogP contribution in [0.2, 0.25) is 0 Å². The molecule has 0 unspecified atom stereocenters. The molecule has 0 aliphatic carbocycles. The van der Waals surface area contributed by atoms with E-state index in [2.05, 4.69) is 51.8 Å². The van der Waals surface area contributed by atoms with E-state index < -0.39 is 5.54 Å². The van der Waals surface area contributed by atoms with Gasteiger partial charge in [-0.15, -0.1) is 10.2 Å². The maximum Gasteiger partial charge on any atom is 0.255 e. The highest BCUT2D eigenvalue weighted by Gasteiger charge is 2.40. The lowest BCUT2D eigenvalue weighted by Gasteiger charge is -2.21. The summed E-state index contributed by atoms with van der Waals surface area (Å²) in [6, 6.07) is 16.3. The molecule has 0 spiro atoms. The van der Waals surface area contributed by atoms with Gasteiger partial charge in [0.2, 0.25) is 5.82 Å². The van der Waals surface area contributed by atoms with Gasteiger partial charge in [-0.1, -0.05) is 61.9 Å². The average molecular weight is 403 g/mol. The Hall–Kier alpha value is -3.35. The molecular weight excluding hydrogens is 376 g/mol. The SMILES string of the molecule is CCCCC1=NC(C)(C)C(=O)N1Cc1ccc(-c2ccccc2-c2nn[nH]n2)cc1. The van der Waals surface area contributed by atoms with Gasteiger partial charge in [0.05, 0.1) is 6.54 Å². The summed E-state index contributed by atoms with van der Waals surface area (Å²) in [5.41, 5.74) is 3.42. The molecule has 2 aromatic carbocycles. The lowest BCUT2D eigenvalue weighted by Crippen LogP contribution is -2.38. The molecule has 0 bridgehead atoms. The zero-order chi connectivity index (χ0) is 21.1. The number of hydrogen-bond donors (Lipinski definition) is 1. The zero-order valence-electron chi connectivity index (χ0n) is 17.6. The Morgan fingerprint density at radius 3 is 2.43 bits per heavy atom. The third-order valence-corrected chi connectivity index (χ3v) is 5.36. The molecule has 1 aliphatic rings. The number of carbonyl (C=O) groups excluding carboxylic acids is 1. The Morgan fingerprint density at radius 1 is 1.03 bits per heavy atom. The van der Waals surface area contributed by atoms with Gasteiger partial charge in [-0.25, -0.2) is 0 Å². The molecule has 3 aromatic rings. The van der Waals surface area contributed by atoms with E-state index in [1.165, 1.54) is 0 Å². The Morgan fingerprint density at radius 2 is 1.77 bits per heavy atom. The van der Waals surface area contributed by atoms with Crippen molar-refractivity contribution in [3.05, 3.63) is 54.1 Å². The van der Waals surface area contributed by atoms with E-state index in [1.807, 2.05) is 43.0 Å². The van der Waals surface area contributed by atoms with Gasteiger partial charge in [0.1, 0.15) is 11.4 Å². The van der Waals surface area contributed by atoms with Crippen molar-refractivity contribution < 1.29 is 4.79 Å². The number of carbonyl (C=O) groups is 1. The number of aromatic amines is 1. The van der Waals surface area contributed by atoms with Crippen molar-refractivity contribution >= 4 is 11.7 Å². The summed E-state index contributed by atoms with van der Waals surface area (Å²) in [7, 11) is 0. The first-order chi connectivity index (χ1) is 14.5. The minimum atomic E-state index is -0.674. The minimum absolute atomic E-state index is 0.0696. The van der Waals surface area contributed by atoms with Crippen LogP contribution in [0.25, 0.3) is 22.5 Å². The van der Waals surface area contributed by atoms with Gasteiger partial charge in [-0.3, -0.25) is 14.7 Å². The summed E-state index contributed by atoms with van der Waals surface area (Å²) in [4.78, 5) is 19.4. The van der Waals surface area contributed by atoms with E-state index in [0.29, 0.717) is 12.4 Å². The molecule has 7 nitrogen and oxygen atoms in total. The number of amides is 1. The van der Waals surface area contributed by atoms with Crippen molar-refractivity contribution in [2.75, 3.05) is 0 Å². The molecule has 0 saturated heterocycles. The maximum atomic E-state index is 12.9. The Bertz CT molecular complexity index is 1050. The molecule has 1 amide bonds. The molecule has 30 heavy (non-hydrogen) atoms. The number of amidine groups is 1. The number of aromatic nitrogens is 4. The molecule has 4 rings (SSSR count). The quantitative estimate of drug-likeness (QED) is 0.640. The second kappa shape index (κ2) is 8.18. The number of benzene rings is 2. The van der Waals surface area contributed by atoms with Crippen LogP contribution in [0.3, 0.4) is 0 Å². The number of nitrogens with zero attached hydrogens (tertiary/aromatic N) is 5. The van der Waals surface area contributed by atoms with Crippen molar-refractivity contribution in [2.45, 2.75) is 52.1 Å². The molecular formula is C23H26N6O. The normalized spacial score (nSPS) is 15.5. The van der Waals surface area contributed by atoms with Gasteiger partial charge in [-0.2, -0.15) is 5.21 Å². The molecule has 0 atom stereocenters. The van der Waals surface area contributed by atoms with Crippen molar-refractivity contribution in [1.29, 1.82) is 0 Å². The first-order valence-electron chi connectivity index (χ1n) is 10.3. The van der Waals surface area contributed by atoms with Crippen molar-refractivity contribution in [3.63, 3.8) is 0 Å². The highest BCUT2D eigenvalue weighted by Crippen LogP contribution is 2.31. The number of hydrogen-bond acceptors (Lipinski definition) is 5. The van der Waals surface area contributed by atoms with Crippen molar-refractivity contribution in [2.24, 2.45) is 4.99 Å². The van der Waals surface area contributed by atoms with Crippen LogP contribution in [-0.4, -0.2) is 42.8 Å². The third kappa shape index (κ3) is 3.87. The summed E-state index contributed by atoms with van der Waals surface area (Å²) in [5, 5.41) is 14.4. The highest BCUT2D eigenvalue weighted by atomic mass is 16.2. The van der Waals surface area contributed by atoms with Gasteiger partial charge in [0.25, 0.3) is 5.91 Å². The molecule has 0 radical (unpaired) electrons. The van der Waals surface area contributed by atoms with Crippen LogP contribution in [-0.2, 0) is 11.3 Å². The van der Waals surface area contributed by atoms with Crippen LogP contribution in [0.15, 0.2) is 53.5 Å². The second-order valence-corrected chi connectivity index (χ2v) is 8.06. The predicted octanol–water partition coefficient (Wildman–Crippen LogP) is 4.24. The van der Waals surface area contributed by atoms with E-state index in [-0.39, 0.29) is 5.91 Å². The second-order valence-electron chi connectivity index (χ2n) is 8.06. The smallest absolute Gasteiger partial charge is 0.255 e. The van der Waals surface area contributed by atoms with Gasteiger partial charge < -0.3 is 0 Å². The number of tetrazole rings is 1. The third-order valence-electron chi connectivity index (χ3n) is 5.36. The largest absolute Gasteiger partial charge is 0.294 e. The van der Waals surface area contributed by atoms with E-state index in [0.717, 1.165) is 47.4 Å². The molecule has 2 heterocycles. The fourth-order valence-corrected chi connectivity index (χ4v) is 3.75. The Kier molecular flexibility index (Phi) is 5.44. The Labute approximate surface area is 176 Å². The van der Waals surface area contributed by atoms with Gasteiger partial charge >= 0.3 is 0 Å². The zero-order valence-corrected chi connectivity index (χ0v) is 17.6. The summed E-state index contributed by atoms with van der Waals surface area (Å²) in [6.07, 6.45) is 2.95. The molecule has 7 heteroatoms. The molecule has 0 fully saturated rings. The van der Waals surface area contributed by atoms with Crippen LogP contribution in [0.1, 0.15) is 45.6 Å². The molecule has 1 N–H and O–H groups in total. The number of unbranched alkanes of at least 4 members (excludes halogenated alkanes) is 1. The first kappa shape index (κ1) is 19.9. The lowest BCUT2D eigenvalue weighted by molar-refractivity contribution is -0.130. The van der Waals surface area contributed by atoms with Crippen molar-refractivity contribution in [1.82, 2.24) is 25.5 Å². The van der Waals surface area contributed by atoms with E-state index in [1.54, 1.807) is 0 Å². The highest BCUT2D eigenvalue weighted by molar-refractivity contribution is 6.07. The molecule has 1 aromatic heterocycles. The van der Waals surface area contributed by atoms with Gasteiger partial charge in [-0.05, 0) is 42.2 Å². The Balaban J connectivity index is 1.57. The number of aliphatic imine (C=N–C) groups is 1. The van der Waals surface area contributed by atoms with E-state index in [4.69, 9.17) is 4.99 Å².